The molecular weight excluding hydrogens is 385 g/mol. The Hall–Kier alpha value is -2.02. The summed E-state index contributed by atoms with van der Waals surface area (Å²) in [6.07, 6.45) is -3.09. The number of aromatic nitrogens is 4. The lowest BCUT2D eigenvalue weighted by molar-refractivity contribution is -0.141. The highest BCUT2D eigenvalue weighted by molar-refractivity contribution is 7.89. The zero-order valence-corrected chi connectivity index (χ0v) is 14.5. The fourth-order valence-corrected chi connectivity index (χ4v) is 3.20. The van der Waals surface area contributed by atoms with Crippen molar-refractivity contribution in [3.8, 4) is 0 Å². The molecule has 2 aromatic heterocycles. The van der Waals surface area contributed by atoms with E-state index in [4.69, 9.17) is 0 Å². The molecule has 0 aliphatic carbocycles. The van der Waals surface area contributed by atoms with Crippen molar-refractivity contribution in [2.75, 3.05) is 6.54 Å². The van der Waals surface area contributed by atoms with Gasteiger partial charge in [0, 0.05) is 18.8 Å². The normalized spacial score (nSPS) is 14.2. The molecule has 0 amide bonds. The zero-order chi connectivity index (χ0) is 19.7. The number of hydrogen-bond acceptors (Lipinski definition) is 4. The van der Waals surface area contributed by atoms with Crippen molar-refractivity contribution in [2.45, 2.75) is 38.0 Å². The van der Waals surface area contributed by atoms with Gasteiger partial charge in [-0.05, 0) is 18.9 Å². The van der Waals surface area contributed by atoms with E-state index in [2.05, 4.69) is 14.9 Å². The lowest BCUT2D eigenvalue weighted by atomic mass is 10.2. The van der Waals surface area contributed by atoms with Gasteiger partial charge >= 0.3 is 12.7 Å². The first-order valence-electron chi connectivity index (χ1n) is 7.34. The average molecular weight is 401 g/mol. The van der Waals surface area contributed by atoms with Crippen LogP contribution in [0.1, 0.15) is 24.9 Å². The zero-order valence-electron chi connectivity index (χ0n) is 13.7. The van der Waals surface area contributed by atoms with Gasteiger partial charge in [0.15, 0.2) is 5.69 Å². The van der Waals surface area contributed by atoms with E-state index >= 15 is 0 Å². The molecule has 0 saturated carbocycles. The largest absolute Gasteiger partial charge is 0.435 e. The Bertz CT molecular complexity index is 859. The summed E-state index contributed by atoms with van der Waals surface area (Å²) in [6, 6.07) is 0.898. The molecule has 0 spiro atoms. The van der Waals surface area contributed by atoms with E-state index < -0.39 is 39.3 Å². The molecule has 2 heterocycles. The molecule has 0 fully saturated rings. The number of halogens is 5. The lowest BCUT2D eigenvalue weighted by Gasteiger charge is -2.13. The molecule has 0 aromatic carbocycles. The van der Waals surface area contributed by atoms with Crippen LogP contribution in [0.4, 0.5) is 22.0 Å². The molecule has 13 heteroatoms. The van der Waals surface area contributed by atoms with Crippen molar-refractivity contribution in [3.63, 3.8) is 0 Å². The first kappa shape index (κ1) is 20.3. The minimum atomic E-state index is -4.56. The molecule has 26 heavy (non-hydrogen) atoms. The highest BCUT2D eigenvalue weighted by atomic mass is 32.2. The third kappa shape index (κ3) is 4.78. The van der Waals surface area contributed by atoms with Gasteiger partial charge in [-0.15, -0.1) is 0 Å². The maximum absolute atomic E-state index is 12.6. The number of nitrogens with zero attached hydrogens (tertiary/aromatic N) is 4. The maximum atomic E-state index is 12.6. The Balaban J connectivity index is 1.99. The highest BCUT2D eigenvalue weighted by Crippen LogP contribution is 2.28. The number of sulfonamides is 1. The number of alkyl halides is 5. The van der Waals surface area contributed by atoms with Crippen molar-refractivity contribution in [1.82, 2.24) is 24.3 Å². The van der Waals surface area contributed by atoms with Gasteiger partial charge < -0.3 is 0 Å². The standard InChI is InChI=1S/C13H16F5N5O2S/c1-8(6-22-9(2)3-11(21-22)13(16,17)18)4-20-26(24,25)10-5-19-23(7-10)12(14)15/h3,5,7-8,12,20H,4,6H2,1-2H3/t8-/m1/s1. The third-order valence-corrected chi connectivity index (χ3v) is 4.84. The summed E-state index contributed by atoms with van der Waals surface area (Å²) in [4.78, 5) is -0.431. The Labute approximate surface area is 145 Å². The van der Waals surface area contributed by atoms with Crippen molar-refractivity contribution >= 4 is 10.0 Å². The van der Waals surface area contributed by atoms with Gasteiger partial charge in [-0.1, -0.05) is 6.92 Å². The molecule has 0 aliphatic rings. The van der Waals surface area contributed by atoms with Crippen molar-refractivity contribution in [1.29, 1.82) is 0 Å². The molecule has 0 bridgehead atoms. The summed E-state index contributed by atoms with van der Waals surface area (Å²) in [7, 11) is -4.06. The second-order valence-corrected chi connectivity index (χ2v) is 7.51. The van der Waals surface area contributed by atoms with Crippen LogP contribution in [-0.2, 0) is 22.7 Å². The van der Waals surface area contributed by atoms with Crippen LogP contribution in [0.5, 0.6) is 0 Å². The van der Waals surface area contributed by atoms with Crippen molar-refractivity contribution in [3.05, 3.63) is 29.8 Å². The molecule has 2 aromatic rings. The van der Waals surface area contributed by atoms with Gasteiger partial charge in [-0.3, -0.25) is 4.68 Å². The minimum absolute atomic E-state index is 0.0424. The number of hydrogen-bond donors (Lipinski definition) is 1. The Kier molecular flexibility index (Phi) is 5.70. The van der Waals surface area contributed by atoms with Crippen LogP contribution in [0, 0.1) is 12.8 Å². The molecule has 2 rings (SSSR count). The van der Waals surface area contributed by atoms with Crippen LogP contribution in [0.25, 0.3) is 0 Å². The predicted octanol–water partition coefficient (Wildman–Crippen LogP) is 2.42. The topological polar surface area (TPSA) is 81.8 Å². The molecule has 0 saturated heterocycles. The summed E-state index contributed by atoms with van der Waals surface area (Å²) in [6.45, 7) is 0.0180. The van der Waals surface area contributed by atoms with Gasteiger partial charge in [0.2, 0.25) is 10.0 Å². The van der Waals surface area contributed by atoms with E-state index in [1.807, 2.05) is 0 Å². The van der Waals surface area contributed by atoms with E-state index in [-0.39, 0.29) is 23.5 Å². The molecule has 1 atom stereocenters. The van der Waals surface area contributed by atoms with E-state index in [0.717, 1.165) is 16.9 Å². The summed E-state index contributed by atoms with van der Waals surface area (Å²) in [5, 5.41) is 6.71. The van der Waals surface area contributed by atoms with Gasteiger partial charge in [0.05, 0.1) is 12.4 Å². The number of aryl methyl sites for hydroxylation is 1. The Morgan fingerprint density at radius 3 is 2.46 bits per heavy atom. The second-order valence-electron chi connectivity index (χ2n) is 5.74. The fraction of sp³-hybridized carbons (Fsp3) is 0.538. The van der Waals surface area contributed by atoms with Crippen LogP contribution >= 0.6 is 0 Å². The Morgan fingerprint density at radius 1 is 1.31 bits per heavy atom. The third-order valence-electron chi connectivity index (χ3n) is 3.47. The van der Waals surface area contributed by atoms with Crippen LogP contribution in [0.15, 0.2) is 23.4 Å². The molecule has 7 nitrogen and oxygen atoms in total. The maximum Gasteiger partial charge on any atom is 0.435 e. The molecule has 0 unspecified atom stereocenters. The first-order chi connectivity index (χ1) is 11.9. The molecule has 0 radical (unpaired) electrons. The summed E-state index contributed by atoms with van der Waals surface area (Å²) in [5.74, 6) is -0.408. The summed E-state index contributed by atoms with van der Waals surface area (Å²) >= 11 is 0. The smallest absolute Gasteiger partial charge is 0.269 e. The van der Waals surface area contributed by atoms with Crippen molar-refractivity contribution < 1.29 is 30.4 Å². The molecule has 146 valence electrons. The van der Waals surface area contributed by atoms with Crippen LogP contribution in [-0.4, -0.2) is 34.5 Å². The minimum Gasteiger partial charge on any atom is -0.269 e. The van der Waals surface area contributed by atoms with Crippen LogP contribution < -0.4 is 4.72 Å². The van der Waals surface area contributed by atoms with Gasteiger partial charge in [-0.25, -0.2) is 17.8 Å². The lowest BCUT2D eigenvalue weighted by Crippen LogP contribution is -2.30. The Morgan fingerprint density at radius 2 is 1.96 bits per heavy atom. The number of nitrogens with one attached hydrogen (secondary N) is 1. The molecule has 0 aliphatic heterocycles. The number of rotatable bonds is 7. The van der Waals surface area contributed by atoms with Crippen LogP contribution in [0.2, 0.25) is 0 Å². The van der Waals surface area contributed by atoms with Crippen molar-refractivity contribution in [2.24, 2.45) is 5.92 Å². The van der Waals surface area contributed by atoms with E-state index in [0.29, 0.717) is 6.20 Å². The van der Waals surface area contributed by atoms with Gasteiger partial charge in [0.1, 0.15) is 4.90 Å². The summed E-state index contributed by atoms with van der Waals surface area (Å²) in [5.41, 5.74) is -0.743. The molecule has 1 N–H and O–H groups in total. The average Bonchev–Trinajstić information content (AvgIpc) is 3.13. The van der Waals surface area contributed by atoms with E-state index in [1.54, 1.807) is 6.92 Å². The van der Waals surface area contributed by atoms with Gasteiger partial charge in [0.25, 0.3) is 0 Å². The quantitative estimate of drug-likeness (QED) is 0.723. The monoisotopic (exact) mass is 401 g/mol. The first-order valence-corrected chi connectivity index (χ1v) is 8.82. The second kappa shape index (κ2) is 7.31. The SMILES string of the molecule is Cc1cc(C(F)(F)F)nn1C[C@H](C)CNS(=O)(=O)c1cnn(C(F)F)c1. The fourth-order valence-electron chi connectivity index (χ4n) is 2.09. The highest BCUT2D eigenvalue weighted by Gasteiger charge is 2.34. The predicted molar refractivity (Wildman–Crippen MR) is 79.8 cm³/mol. The van der Waals surface area contributed by atoms with Gasteiger partial charge in [-0.2, -0.15) is 32.1 Å². The van der Waals surface area contributed by atoms with E-state index in [1.165, 1.54) is 6.92 Å². The molecular formula is C13H16F5N5O2S. The summed E-state index contributed by atoms with van der Waals surface area (Å²) < 4.78 is 90.5. The van der Waals surface area contributed by atoms with Crippen LogP contribution in [0.3, 0.4) is 0 Å². The van der Waals surface area contributed by atoms with E-state index in [9.17, 15) is 30.4 Å².